The molecular formula is C22H16F2N4O2. The Balaban J connectivity index is 1.59. The third kappa shape index (κ3) is 3.80. The number of carbonyl (C=O) groups excluding carboxylic acids is 1. The lowest BCUT2D eigenvalue weighted by atomic mass is 9.98. The number of carbonyl (C=O) groups is 1. The van der Waals surface area contributed by atoms with Crippen molar-refractivity contribution in [3.63, 3.8) is 0 Å². The molecule has 150 valence electrons. The summed E-state index contributed by atoms with van der Waals surface area (Å²) >= 11 is 0. The number of hydrogen-bond donors (Lipinski definition) is 1. The smallest absolute Gasteiger partial charge is 0.261 e. The highest BCUT2D eigenvalue weighted by Gasteiger charge is 2.18. The number of nitrogens with zero attached hydrogens (tertiary/aromatic N) is 3. The van der Waals surface area contributed by atoms with Gasteiger partial charge in [-0.1, -0.05) is 18.2 Å². The van der Waals surface area contributed by atoms with Crippen LogP contribution in [-0.2, 0) is 0 Å². The Labute approximate surface area is 170 Å². The topological polar surface area (TPSA) is 80.9 Å². The third-order valence-corrected chi connectivity index (χ3v) is 4.54. The van der Waals surface area contributed by atoms with Gasteiger partial charge in [-0.25, -0.2) is 8.78 Å². The Morgan fingerprint density at radius 2 is 1.60 bits per heavy atom. The van der Waals surface area contributed by atoms with Crippen molar-refractivity contribution in [1.82, 2.24) is 15.2 Å². The van der Waals surface area contributed by atoms with Crippen LogP contribution in [0.1, 0.15) is 21.8 Å². The molecule has 0 bridgehead atoms. The quantitative estimate of drug-likeness (QED) is 0.519. The minimum absolute atomic E-state index is 0.403. The summed E-state index contributed by atoms with van der Waals surface area (Å²) in [6.07, 6.45) is 1.59. The van der Waals surface area contributed by atoms with Gasteiger partial charge in [0, 0.05) is 18.2 Å². The maximum atomic E-state index is 13.7. The molecule has 0 unspecified atom stereocenters. The van der Waals surface area contributed by atoms with E-state index in [1.165, 1.54) is 0 Å². The summed E-state index contributed by atoms with van der Waals surface area (Å²) in [5, 5.41) is 10.4. The first-order valence-electron chi connectivity index (χ1n) is 9.04. The predicted octanol–water partition coefficient (Wildman–Crippen LogP) is 4.95. The van der Waals surface area contributed by atoms with Gasteiger partial charge in [0.15, 0.2) is 11.6 Å². The van der Waals surface area contributed by atoms with Crippen LogP contribution in [0, 0.1) is 25.5 Å². The zero-order valence-corrected chi connectivity index (χ0v) is 16.1. The minimum Gasteiger partial charge on any atom is -0.421 e. The van der Waals surface area contributed by atoms with Crippen molar-refractivity contribution in [1.29, 1.82) is 0 Å². The summed E-state index contributed by atoms with van der Waals surface area (Å²) in [4.78, 5) is 15.6. The van der Waals surface area contributed by atoms with E-state index in [1.54, 1.807) is 31.2 Å². The number of aromatic nitrogens is 3. The van der Waals surface area contributed by atoms with Crippen molar-refractivity contribution in [2.75, 3.05) is 5.32 Å². The van der Waals surface area contributed by atoms with Gasteiger partial charge in [0.2, 0.25) is 11.8 Å². The Morgan fingerprint density at radius 1 is 0.933 bits per heavy atom. The van der Waals surface area contributed by atoms with Crippen molar-refractivity contribution in [3.05, 3.63) is 83.5 Å². The van der Waals surface area contributed by atoms with Gasteiger partial charge in [-0.2, -0.15) is 0 Å². The Bertz CT molecular complexity index is 1220. The van der Waals surface area contributed by atoms with E-state index >= 15 is 0 Å². The highest BCUT2D eigenvalue weighted by molar-refractivity contribution is 6.04. The number of hydrogen-bond acceptors (Lipinski definition) is 5. The number of anilines is 1. The molecule has 2 heterocycles. The van der Waals surface area contributed by atoms with Crippen molar-refractivity contribution in [3.8, 4) is 22.6 Å². The van der Waals surface area contributed by atoms with E-state index < -0.39 is 23.1 Å². The second-order valence-electron chi connectivity index (χ2n) is 6.67. The first-order valence-corrected chi connectivity index (χ1v) is 9.04. The van der Waals surface area contributed by atoms with E-state index in [4.69, 9.17) is 4.42 Å². The summed E-state index contributed by atoms with van der Waals surface area (Å²) in [7, 11) is 0. The van der Waals surface area contributed by atoms with E-state index in [0.717, 1.165) is 34.6 Å². The summed E-state index contributed by atoms with van der Waals surface area (Å²) in [6, 6.07) is 12.7. The maximum Gasteiger partial charge on any atom is 0.261 e. The number of benzene rings is 2. The van der Waals surface area contributed by atoms with Crippen LogP contribution in [0.3, 0.4) is 0 Å². The first-order chi connectivity index (χ1) is 14.4. The van der Waals surface area contributed by atoms with Crippen molar-refractivity contribution in [2.45, 2.75) is 13.8 Å². The molecule has 30 heavy (non-hydrogen) atoms. The molecule has 0 aliphatic heterocycles. The zero-order valence-electron chi connectivity index (χ0n) is 16.1. The SMILES string of the molecule is Cc1nnc(-c2ccc(C)c(-c3ccc(NC(=O)c4c(F)cncc4F)cc3)c2)o1. The largest absolute Gasteiger partial charge is 0.421 e. The molecule has 2 aromatic carbocycles. The molecule has 6 nitrogen and oxygen atoms in total. The van der Waals surface area contributed by atoms with E-state index in [9.17, 15) is 13.6 Å². The fraction of sp³-hybridized carbons (Fsp3) is 0.0909. The molecular weight excluding hydrogens is 390 g/mol. The van der Waals surface area contributed by atoms with Crippen molar-refractivity contribution < 1.29 is 18.0 Å². The molecule has 0 fully saturated rings. The number of amides is 1. The molecule has 0 radical (unpaired) electrons. The number of pyridine rings is 1. The lowest BCUT2D eigenvalue weighted by molar-refractivity contribution is 0.101. The molecule has 4 rings (SSSR count). The molecule has 0 saturated carbocycles. The molecule has 4 aromatic rings. The summed E-state index contributed by atoms with van der Waals surface area (Å²) in [5.41, 5.74) is 3.40. The fourth-order valence-corrected chi connectivity index (χ4v) is 3.03. The third-order valence-electron chi connectivity index (χ3n) is 4.54. The lowest BCUT2D eigenvalue weighted by Crippen LogP contribution is -2.16. The molecule has 0 saturated heterocycles. The van der Waals surface area contributed by atoms with Gasteiger partial charge in [0.1, 0.15) is 5.56 Å². The van der Waals surface area contributed by atoms with Crippen LogP contribution in [0.25, 0.3) is 22.6 Å². The fourth-order valence-electron chi connectivity index (χ4n) is 3.03. The van der Waals surface area contributed by atoms with Crippen LogP contribution in [0.2, 0.25) is 0 Å². The number of rotatable bonds is 4. The monoisotopic (exact) mass is 406 g/mol. The van der Waals surface area contributed by atoms with Crippen molar-refractivity contribution >= 4 is 11.6 Å². The highest BCUT2D eigenvalue weighted by Crippen LogP contribution is 2.30. The van der Waals surface area contributed by atoms with E-state index in [-0.39, 0.29) is 0 Å². The van der Waals surface area contributed by atoms with E-state index in [1.807, 2.05) is 25.1 Å². The molecule has 0 atom stereocenters. The minimum atomic E-state index is -1.02. The van der Waals surface area contributed by atoms with Gasteiger partial charge in [0.05, 0.1) is 12.4 Å². The predicted molar refractivity (Wildman–Crippen MR) is 107 cm³/mol. The van der Waals surface area contributed by atoms with Crippen LogP contribution in [0.5, 0.6) is 0 Å². The summed E-state index contributed by atoms with van der Waals surface area (Å²) < 4.78 is 33.0. The van der Waals surface area contributed by atoms with Crippen LogP contribution in [-0.4, -0.2) is 21.1 Å². The van der Waals surface area contributed by atoms with Gasteiger partial charge in [-0.05, 0) is 47.9 Å². The molecule has 0 spiro atoms. The Hall–Kier alpha value is -3.94. The summed E-state index contributed by atoms with van der Waals surface area (Å²) in [5.74, 6) is -2.01. The number of aryl methyl sites for hydroxylation is 2. The Morgan fingerprint density at radius 3 is 2.23 bits per heavy atom. The van der Waals surface area contributed by atoms with Gasteiger partial charge < -0.3 is 9.73 Å². The molecule has 1 amide bonds. The standard InChI is InChI=1S/C22H16F2N4O2/c1-12-3-4-15(22-28-27-13(2)30-22)9-17(12)14-5-7-16(8-6-14)26-21(29)20-18(23)10-25-11-19(20)24/h3-11H,1-2H3,(H,26,29). The zero-order chi connectivity index (χ0) is 21.3. The van der Waals surface area contributed by atoms with Crippen LogP contribution < -0.4 is 5.32 Å². The molecule has 2 aromatic heterocycles. The van der Waals surface area contributed by atoms with Crippen molar-refractivity contribution in [2.24, 2.45) is 0 Å². The highest BCUT2D eigenvalue weighted by atomic mass is 19.1. The van der Waals surface area contributed by atoms with Gasteiger partial charge in [-0.15, -0.1) is 10.2 Å². The normalized spacial score (nSPS) is 10.8. The molecule has 0 aliphatic rings. The molecule has 8 heteroatoms. The lowest BCUT2D eigenvalue weighted by Gasteiger charge is -2.10. The van der Waals surface area contributed by atoms with E-state index in [2.05, 4.69) is 20.5 Å². The number of nitrogens with one attached hydrogen (secondary N) is 1. The van der Waals surface area contributed by atoms with Crippen LogP contribution >= 0.6 is 0 Å². The second kappa shape index (κ2) is 7.82. The number of halogens is 2. The van der Waals surface area contributed by atoms with Gasteiger partial charge in [-0.3, -0.25) is 9.78 Å². The average molecular weight is 406 g/mol. The van der Waals surface area contributed by atoms with Gasteiger partial charge in [0.25, 0.3) is 5.91 Å². The average Bonchev–Trinajstić information content (AvgIpc) is 3.15. The molecule has 1 N–H and O–H groups in total. The van der Waals surface area contributed by atoms with E-state index in [0.29, 0.717) is 17.5 Å². The van der Waals surface area contributed by atoms with Gasteiger partial charge >= 0.3 is 0 Å². The molecule has 0 aliphatic carbocycles. The second-order valence-corrected chi connectivity index (χ2v) is 6.67. The van der Waals surface area contributed by atoms with Crippen LogP contribution in [0.4, 0.5) is 14.5 Å². The summed E-state index contributed by atoms with van der Waals surface area (Å²) in [6.45, 7) is 3.70. The maximum absolute atomic E-state index is 13.7. The first kappa shape index (κ1) is 19.4. The Kier molecular flexibility index (Phi) is 5.05. The van der Waals surface area contributed by atoms with Crippen LogP contribution in [0.15, 0.2) is 59.3 Å².